The van der Waals surface area contributed by atoms with Crippen LogP contribution in [0.2, 0.25) is 0 Å². The van der Waals surface area contributed by atoms with Crippen LogP contribution in [0.15, 0.2) is 73.2 Å². The number of hydrazine groups is 1. The zero-order valence-electron chi connectivity index (χ0n) is 9.53. The fourth-order valence-corrected chi connectivity index (χ4v) is 1.44. The molecule has 0 amide bonds. The van der Waals surface area contributed by atoms with Gasteiger partial charge in [0.2, 0.25) is 0 Å². The van der Waals surface area contributed by atoms with Crippen LogP contribution in [0.3, 0.4) is 0 Å². The maximum absolute atomic E-state index is 3.78. The molecule has 2 aromatic rings. The highest BCUT2D eigenvalue weighted by atomic mass is 15.5. The summed E-state index contributed by atoms with van der Waals surface area (Å²) in [5.41, 5.74) is 4.38. The first-order chi connectivity index (χ1) is 8.47. The van der Waals surface area contributed by atoms with Gasteiger partial charge >= 0.3 is 0 Å². The fraction of sp³-hybridized carbons (Fsp3) is 0.0714. The second-order valence-electron chi connectivity index (χ2n) is 3.48. The smallest absolute Gasteiger partial charge is 0.0570 e. The molecule has 17 heavy (non-hydrogen) atoms. The van der Waals surface area contributed by atoms with Crippen LogP contribution in [-0.4, -0.2) is 11.5 Å². The van der Waals surface area contributed by atoms with E-state index < -0.39 is 0 Å². The predicted molar refractivity (Wildman–Crippen MR) is 70.3 cm³/mol. The normalized spacial score (nSPS) is 13.1. The van der Waals surface area contributed by atoms with Gasteiger partial charge in [0.25, 0.3) is 0 Å². The molecule has 0 spiro atoms. The van der Waals surface area contributed by atoms with Gasteiger partial charge in [-0.3, -0.25) is 9.99 Å². The number of benzene rings is 1. The molecule has 0 saturated heterocycles. The van der Waals surface area contributed by atoms with Crippen molar-refractivity contribution in [3.05, 3.63) is 73.2 Å². The van der Waals surface area contributed by atoms with Gasteiger partial charge in [-0.1, -0.05) is 30.3 Å². The number of hydrogen-bond acceptors (Lipinski definition) is 3. The molecule has 1 aliphatic heterocycles. The molecule has 0 fully saturated rings. The molecule has 0 saturated carbocycles. The Morgan fingerprint density at radius 1 is 0.941 bits per heavy atom. The first kappa shape index (κ1) is 11.4. The van der Waals surface area contributed by atoms with Gasteiger partial charge in [-0.15, -0.1) is 0 Å². The first-order valence-corrected chi connectivity index (χ1v) is 5.56. The topological polar surface area (TPSA) is 28.2 Å². The highest BCUT2D eigenvalue weighted by molar-refractivity contribution is 5.48. The van der Waals surface area contributed by atoms with E-state index in [9.17, 15) is 0 Å². The highest BCUT2D eigenvalue weighted by Crippen LogP contribution is 2.12. The summed E-state index contributed by atoms with van der Waals surface area (Å²) in [5.74, 6) is 0. The summed E-state index contributed by atoms with van der Waals surface area (Å²) in [6.45, 7) is 0.925. The maximum Gasteiger partial charge on any atom is 0.0570 e. The Morgan fingerprint density at radius 3 is 2.12 bits per heavy atom. The lowest BCUT2D eigenvalue weighted by Gasteiger charge is -2.15. The van der Waals surface area contributed by atoms with Crippen molar-refractivity contribution in [1.82, 2.24) is 10.4 Å². The minimum Gasteiger partial charge on any atom is -0.284 e. The van der Waals surface area contributed by atoms with Gasteiger partial charge in [0.05, 0.1) is 5.69 Å². The Bertz CT molecular complexity index is 413. The average Bonchev–Trinajstić information content (AvgIpc) is 2.96. The number of para-hydroxylation sites is 1. The van der Waals surface area contributed by atoms with E-state index in [-0.39, 0.29) is 0 Å². The van der Waals surface area contributed by atoms with Gasteiger partial charge in [0, 0.05) is 25.1 Å². The standard InChI is InChI=1S/C9H10N2.C5H5N/c1-2-5-9(6-3-1)11-8-4-7-10-11;1-2-4-6-5-3-1/h1-6,8,10H,7H2;1-5H. The van der Waals surface area contributed by atoms with Crippen molar-refractivity contribution in [2.24, 2.45) is 0 Å². The molecule has 0 aliphatic carbocycles. The lowest BCUT2D eigenvalue weighted by atomic mass is 10.3. The Kier molecular flexibility index (Phi) is 4.31. The van der Waals surface area contributed by atoms with Gasteiger partial charge in [-0.25, -0.2) is 5.43 Å². The SMILES string of the molecule is C1=CN(c2ccccc2)NC1.c1ccncc1. The first-order valence-electron chi connectivity index (χ1n) is 5.56. The van der Waals surface area contributed by atoms with Gasteiger partial charge in [0.1, 0.15) is 0 Å². The van der Waals surface area contributed by atoms with Crippen LogP contribution in [0.1, 0.15) is 0 Å². The lowest BCUT2D eigenvalue weighted by Crippen LogP contribution is -2.27. The van der Waals surface area contributed by atoms with Crippen LogP contribution in [0.5, 0.6) is 0 Å². The van der Waals surface area contributed by atoms with E-state index in [1.807, 2.05) is 47.6 Å². The fourth-order valence-electron chi connectivity index (χ4n) is 1.44. The molecule has 0 atom stereocenters. The Labute approximate surface area is 101 Å². The summed E-state index contributed by atoms with van der Waals surface area (Å²) in [6, 6.07) is 15.9. The lowest BCUT2D eigenvalue weighted by molar-refractivity contribution is 0.814. The molecule has 1 N–H and O–H groups in total. The van der Waals surface area contributed by atoms with E-state index in [4.69, 9.17) is 0 Å². The van der Waals surface area contributed by atoms with E-state index in [2.05, 4.69) is 28.6 Å². The van der Waals surface area contributed by atoms with Crippen molar-refractivity contribution in [1.29, 1.82) is 0 Å². The molecular formula is C14H15N3. The van der Waals surface area contributed by atoms with Crippen molar-refractivity contribution in [2.75, 3.05) is 11.6 Å². The molecular weight excluding hydrogens is 210 g/mol. The predicted octanol–water partition coefficient (Wildman–Crippen LogP) is 2.61. The van der Waals surface area contributed by atoms with Crippen LogP contribution >= 0.6 is 0 Å². The molecule has 3 nitrogen and oxygen atoms in total. The maximum atomic E-state index is 3.78. The number of hydrogen-bond donors (Lipinski definition) is 1. The van der Waals surface area contributed by atoms with Crippen LogP contribution < -0.4 is 10.4 Å². The van der Waals surface area contributed by atoms with Gasteiger partial charge in [-0.05, 0) is 24.3 Å². The third-order valence-electron chi connectivity index (χ3n) is 2.23. The number of pyridine rings is 1. The van der Waals surface area contributed by atoms with E-state index >= 15 is 0 Å². The molecule has 0 radical (unpaired) electrons. The van der Waals surface area contributed by atoms with Crippen LogP contribution in [0, 0.1) is 0 Å². The van der Waals surface area contributed by atoms with Crippen LogP contribution in [-0.2, 0) is 0 Å². The Balaban J connectivity index is 0.000000153. The van der Waals surface area contributed by atoms with Gasteiger partial charge in [-0.2, -0.15) is 0 Å². The minimum absolute atomic E-state index is 0.925. The van der Waals surface area contributed by atoms with E-state index in [1.165, 1.54) is 5.69 Å². The zero-order valence-corrected chi connectivity index (χ0v) is 9.53. The summed E-state index contributed by atoms with van der Waals surface area (Å²) in [7, 11) is 0. The van der Waals surface area contributed by atoms with Crippen molar-refractivity contribution in [3.63, 3.8) is 0 Å². The molecule has 1 aromatic heterocycles. The molecule has 0 unspecified atom stereocenters. The summed E-state index contributed by atoms with van der Waals surface area (Å²) < 4.78 is 0. The minimum atomic E-state index is 0.925. The van der Waals surface area contributed by atoms with Crippen molar-refractivity contribution < 1.29 is 0 Å². The summed E-state index contributed by atoms with van der Waals surface area (Å²) in [4.78, 5) is 3.78. The highest BCUT2D eigenvalue weighted by Gasteiger charge is 2.03. The molecule has 3 rings (SSSR count). The number of nitrogens with one attached hydrogen (secondary N) is 1. The monoisotopic (exact) mass is 225 g/mol. The molecule has 1 aromatic carbocycles. The third-order valence-corrected chi connectivity index (χ3v) is 2.23. The molecule has 86 valence electrons. The zero-order chi connectivity index (χ0) is 11.8. The van der Waals surface area contributed by atoms with Gasteiger partial charge in [0.15, 0.2) is 0 Å². The quantitative estimate of drug-likeness (QED) is 0.808. The van der Waals surface area contributed by atoms with Gasteiger partial charge < -0.3 is 0 Å². The van der Waals surface area contributed by atoms with Crippen LogP contribution in [0.25, 0.3) is 0 Å². The van der Waals surface area contributed by atoms with Crippen molar-refractivity contribution >= 4 is 5.69 Å². The third kappa shape index (κ3) is 3.74. The van der Waals surface area contributed by atoms with E-state index in [0.29, 0.717) is 0 Å². The Hall–Kier alpha value is -2.13. The summed E-state index contributed by atoms with van der Waals surface area (Å²) in [5, 5.41) is 2.01. The van der Waals surface area contributed by atoms with Crippen molar-refractivity contribution in [3.8, 4) is 0 Å². The second kappa shape index (κ2) is 6.45. The number of aromatic nitrogens is 1. The molecule has 0 bridgehead atoms. The number of nitrogens with zero attached hydrogens (tertiary/aromatic N) is 2. The summed E-state index contributed by atoms with van der Waals surface area (Å²) >= 11 is 0. The van der Waals surface area contributed by atoms with E-state index in [0.717, 1.165) is 6.54 Å². The van der Waals surface area contributed by atoms with Crippen molar-refractivity contribution in [2.45, 2.75) is 0 Å². The molecule has 3 heteroatoms. The van der Waals surface area contributed by atoms with Crippen LogP contribution in [0.4, 0.5) is 5.69 Å². The van der Waals surface area contributed by atoms with E-state index in [1.54, 1.807) is 12.4 Å². The largest absolute Gasteiger partial charge is 0.284 e. The molecule has 2 heterocycles. The second-order valence-corrected chi connectivity index (χ2v) is 3.48. The molecule has 1 aliphatic rings. The Morgan fingerprint density at radius 2 is 1.65 bits per heavy atom. The average molecular weight is 225 g/mol. The summed E-state index contributed by atoms with van der Waals surface area (Å²) in [6.07, 6.45) is 7.63. The number of anilines is 1. The number of rotatable bonds is 1.